The summed E-state index contributed by atoms with van der Waals surface area (Å²) in [4.78, 5) is 39.6. The minimum Gasteiger partial charge on any atom is -0.456 e. The van der Waals surface area contributed by atoms with Gasteiger partial charge < -0.3 is 4.74 Å². The Labute approximate surface area is 228 Å². The predicted molar refractivity (Wildman–Crippen MR) is 149 cm³/mol. The number of rotatable bonds is 9. The van der Waals surface area contributed by atoms with Crippen molar-refractivity contribution in [1.29, 1.82) is 0 Å². The zero-order valence-electron chi connectivity index (χ0n) is 21.6. The summed E-state index contributed by atoms with van der Waals surface area (Å²) in [6.45, 7) is 11.7. The minimum atomic E-state index is -0.678. The maximum Gasteiger partial charge on any atom is 0.338 e. The van der Waals surface area contributed by atoms with Crippen LogP contribution in [0.2, 0.25) is 10.0 Å². The Bertz CT molecular complexity index is 1270. The van der Waals surface area contributed by atoms with Gasteiger partial charge in [0.25, 0.3) is 11.8 Å². The van der Waals surface area contributed by atoms with E-state index in [-0.39, 0.29) is 11.8 Å². The second kappa shape index (κ2) is 11.9. The number of allylic oxidation sites excluding steroid dienone is 3. The van der Waals surface area contributed by atoms with Crippen LogP contribution in [0.4, 0.5) is 0 Å². The summed E-state index contributed by atoms with van der Waals surface area (Å²) in [7, 11) is 0. The van der Waals surface area contributed by atoms with Crippen molar-refractivity contribution in [1.82, 2.24) is 4.90 Å². The molecule has 0 aliphatic carbocycles. The van der Waals surface area contributed by atoms with E-state index in [1.54, 1.807) is 48.5 Å². The van der Waals surface area contributed by atoms with Gasteiger partial charge in [0.15, 0.2) is 0 Å². The molecule has 5 nitrogen and oxygen atoms in total. The molecule has 37 heavy (non-hydrogen) atoms. The summed E-state index contributed by atoms with van der Waals surface area (Å²) in [5.41, 5.74) is 2.74. The molecule has 1 aliphatic heterocycles. The van der Waals surface area contributed by atoms with Crippen molar-refractivity contribution in [3.63, 3.8) is 0 Å². The molecule has 0 atom stereocenters. The summed E-state index contributed by atoms with van der Waals surface area (Å²) in [6.07, 6.45) is 5.17. The molecule has 0 saturated heterocycles. The highest BCUT2D eigenvalue weighted by Gasteiger charge is 2.34. The summed E-state index contributed by atoms with van der Waals surface area (Å²) in [5.74, 6) is -1.00. The van der Waals surface area contributed by atoms with E-state index < -0.39 is 11.6 Å². The maximum atomic E-state index is 13.2. The van der Waals surface area contributed by atoms with Gasteiger partial charge in [0.1, 0.15) is 5.60 Å². The van der Waals surface area contributed by atoms with Gasteiger partial charge in [-0.15, -0.1) is 0 Å². The van der Waals surface area contributed by atoms with Crippen molar-refractivity contribution in [2.24, 2.45) is 0 Å². The van der Waals surface area contributed by atoms with Crippen molar-refractivity contribution in [2.75, 3.05) is 6.54 Å². The molecular formula is C30H31Cl2NO4. The van der Waals surface area contributed by atoms with Crippen molar-refractivity contribution in [3.05, 3.63) is 99.1 Å². The van der Waals surface area contributed by atoms with E-state index in [1.165, 1.54) is 4.90 Å². The number of halogens is 2. The molecule has 0 N–H and O–H groups in total. The number of amides is 2. The summed E-state index contributed by atoms with van der Waals surface area (Å²) < 4.78 is 5.67. The summed E-state index contributed by atoms with van der Waals surface area (Å²) >= 11 is 12.5. The molecule has 0 bridgehead atoms. The van der Waals surface area contributed by atoms with Crippen LogP contribution in [0.1, 0.15) is 73.2 Å². The quantitative estimate of drug-likeness (QED) is 0.108. The van der Waals surface area contributed by atoms with E-state index in [4.69, 9.17) is 27.9 Å². The SMILES string of the molecule is C=C(C/C=C(C(=O)OC(C)(C)C)\C(=C/C)c1ccc(Cl)cc1Cl)CCCN1C(=O)c2ccccc2C1=O. The van der Waals surface area contributed by atoms with Crippen molar-refractivity contribution < 1.29 is 19.1 Å². The van der Waals surface area contributed by atoms with Crippen LogP contribution in [0.25, 0.3) is 5.57 Å². The van der Waals surface area contributed by atoms with Crippen molar-refractivity contribution >= 4 is 46.6 Å². The van der Waals surface area contributed by atoms with E-state index in [0.29, 0.717) is 63.7 Å². The van der Waals surface area contributed by atoms with Crippen LogP contribution in [0.3, 0.4) is 0 Å². The third kappa shape index (κ3) is 7.00. The number of fused-ring (bicyclic) bond motifs is 1. The average Bonchev–Trinajstić information content (AvgIpc) is 3.06. The van der Waals surface area contributed by atoms with Crippen molar-refractivity contribution in [3.8, 4) is 0 Å². The number of benzene rings is 2. The second-order valence-corrected chi connectivity index (χ2v) is 10.7. The number of nitrogens with zero attached hydrogens (tertiary/aromatic N) is 1. The topological polar surface area (TPSA) is 63.7 Å². The Morgan fingerprint density at radius 1 is 1.05 bits per heavy atom. The number of carbonyl (C=O) groups is 3. The Balaban J connectivity index is 1.72. The molecule has 2 amide bonds. The van der Waals surface area contributed by atoms with Gasteiger partial charge in [0.05, 0.1) is 16.7 Å². The lowest BCUT2D eigenvalue weighted by Gasteiger charge is -2.22. The Kier molecular flexibility index (Phi) is 9.16. The molecule has 194 valence electrons. The third-order valence-corrected chi connectivity index (χ3v) is 6.35. The second-order valence-electron chi connectivity index (χ2n) is 9.81. The van der Waals surface area contributed by atoms with Gasteiger partial charge in [-0.25, -0.2) is 4.79 Å². The molecule has 0 aromatic heterocycles. The first-order valence-electron chi connectivity index (χ1n) is 12.1. The number of carbonyl (C=O) groups excluding carboxylic acids is 3. The van der Waals surface area contributed by atoms with Gasteiger partial charge in [-0.3, -0.25) is 14.5 Å². The van der Waals surface area contributed by atoms with E-state index >= 15 is 0 Å². The first-order valence-corrected chi connectivity index (χ1v) is 12.9. The van der Waals surface area contributed by atoms with Crippen LogP contribution >= 0.6 is 23.2 Å². The van der Waals surface area contributed by atoms with Gasteiger partial charge in [0, 0.05) is 22.2 Å². The number of imide groups is 1. The van der Waals surface area contributed by atoms with E-state index in [2.05, 4.69) is 6.58 Å². The molecule has 1 aliphatic rings. The molecule has 7 heteroatoms. The zero-order valence-corrected chi connectivity index (χ0v) is 23.1. The number of esters is 1. The molecule has 0 spiro atoms. The third-order valence-electron chi connectivity index (χ3n) is 5.80. The highest BCUT2D eigenvalue weighted by Crippen LogP contribution is 2.33. The fraction of sp³-hybridized carbons (Fsp3) is 0.300. The zero-order chi connectivity index (χ0) is 27.3. The van der Waals surface area contributed by atoms with Crippen LogP contribution < -0.4 is 0 Å². The summed E-state index contributed by atoms with van der Waals surface area (Å²) in [5, 5.41) is 0.924. The monoisotopic (exact) mass is 539 g/mol. The first kappa shape index (κ1) is 28.4. The molecule has 1 heterocycles. The van der Waals surface area contributed by atoms with Crippen LogP contribution in [0.5, 0.6) is 0 Å². The van der Waals surface area contributed by atoms with Gasteiger partial charge >= 0.3 is 5.97 Å². The molecule has 0 fully saturated rings. The van der Waals surface area contributed by atoms with Crippen molar-refractivity contribution in [2.45, 2.75) is 52.6 Å². The molecular weight excluding hydrogens is 509 g/mol. The molecule has 2 aromatic carbocycles. The largest absolute Gasteiger partial charge is 0.456 e. The Morgan fingerprint density at radius 3 is 2.22 bits per heavy atom. The standard InChI is InChI=1S/C30H31Cl2NO4/c1-6-21(22-16-14-20(31)18-26(22)32)25(29(36)37-30(3,4)5)15-13-19(2)10-9-17-33-27(34)23-11-7-8-12-24(23)28(33)35/h6-8,11-12,14-16,18H,2,9-10,13,17H2,1,3-5H3/b21-6-,25-15+. The van der Waals surface area contributed by atoms with Crippen LogP contribution in [-0.2, 0) is 9.53 Å². The average molecular weight is 540 g/mol. The number of hydrogen-bond donors (Lipinski definition) is 0. The van der Waals surface area contributed by atoms with Gasteiger partial charge in [-0.2, -0.15) is 0 Å². The van der Waals surface area contributed by atoms with Gasteiger partial charge in [-0.1, -0.05) is 65.7 Å². The summed E-state index contributed by atoms with van der Waals surface area (Å²) in [6, 6.07) is 12.0. The van der Waals surface area contributed by atoms with E-state index in [9.17, 15) is 14.4 Å². The molecule has 0 radical (unpaired) electrons. The van der Waals surface area contributed by atoms with Gasteiger partial charge in [0.2, 0.25) is 0 Å². The van der Waals surface area contributed by atoms with E-state index in [1.807, 2.05) is 33.8 Å². The first-order chi connectivity index (χ1) is 17.4. The lowest BCUT2D eigenvalue weighted by molar-refractivity contribution is -0.149. The molecule has 2 aromatic rings. The molecule has 3 rings (SSSR count). The van der Waals surface area contributed by atoms with E-state index in [0.717, 1.165) is 5.57 Å². The van der Waals surface area contributed by atoms with Crippen LogP contribution in [0.15, 0.2) is 72.3 Å². The normalized spacial score (nSPS) is 14.2. The number of hydrogen-bond acceptors (Lipinski definition) is 4. The Hall–Kier alpha value is -3.15. The van der Waals surface area contributed by atoms with Crippen LogP contribution in [0, 0.1) is 0 Å². The molecule has 0 saturated carbocycles. The smallest absolute Gasteiger partial charge is 0.338 e. The van der Waals surface area contributed by atoms with Crippen LogP contribution in [-0.4, -0.2) is 34.8 Å². The Morgan fingerprint density at radius 2 is 1.68 bits per heavy atom. The fourth-order valence-electron chi connectivity index (χ4n) is 4.08. The highest BCUT2D eigenvalue weighted by atomic mass is 35.5. The fourth-order valence-corrected chi connectivity index (χ4v) is 4.59. The maximum absolute atomic E-state index is 13.2. The lowest BCUT2D eigenvalue weighted by Crippen LogP contribution is -2.30. The lowest BCUT2D eigenvalue weighted by atomic mass is 9.95. The van der Waals surface area contributed by atoms with Gasteiger partial charge in [-0.05, 0) is 76.8 Å². The predicted octanol–water partition coefficient (Wildman–Crippen LogP) is 7.69. The molecule has 0 unspecified atom stereocenters. The highest BCUT2D eigenvalue weighted by molar-refractivity contribution is 6.36. The number of ether oxygens (including phenoxy) is 1. The minimum absolute atomic E-state index is 0.268.